The molecule has 2 aromatic rings. The van der Waals surface area contributed by atoms with E-state index in [1.54, 1.807) is 13.8 Å². The Bertz CT molecular complexity index is 858. The molecule has 2 aliphatic heterocycles. The van der Waals surface area contributed by atoms with Gasteiger partial charge in [-0.1, -0.05) is 81.4 Å². The number of rotatable bonds is 6. The molecule has 0 radical (unpaired) electrons. The quantitative estimate of drug-likeness (QED) is 0.646. The molecule has 32 heavy (non-hydrogen) atoms. The second kappa shape index (κ2) is 8.65. The number of hydrogen-bond donors (Lipinski definition) is 2. The summed E-state index contributed by atoms with van der Waals surface area (Å²) in [6.07, 6.45) is -4.21. The Hall–Kier alpha value is -1.58. The topological polar surface area (TPSA) is 77.4 Å². The first-order valence-corrected chi connectivity index (χ1v) is 13.1. The van der Waals surface area contributed by atoms with E-state index < -0.39 is 44.8 Å². The van der Waals surface area contributed by atoms with Gasteiger partial charge in [0.15, 0.2) is 12.1 Å². The van der Waals surface area contributed by atoms with E-state index in [-0.39, 0.29) is 11.6 Å². The molecular formula is C25H34O6Si. The van der Waals surface area contributed by atoms with Gasteiger partial charge in [-0.15, -0.1) is 0 Å². The molecule has 0 bridgehead atoms. The molecule has 174 valence electrons. The number of aliphatic hydroxyl groups is 2. The van der Waals surface area contributed by atoms with E-state index in [0.29, 0.717) is 0 Å². The highest BCUT2D eigenvalue weighted by atomic mass is 28.4. The summed E-state index contributed by atoms with van der Waals surface area (Å²) in [5.74, 6) is -0.822. The van der Waals surface area contributed by atoms with E-state index in [9.17, 15) is 10.2 Å². The zero-order valence-corrected chi connectivity index (χ0v) is 20.4. The molecule has 6 nitrogen and oxygen atoms in total. The van der Waals surface area contributed by atoms with E-state index in [2.05, 4.69) is 45.0 Å². The van der Waals surface area contributed by atoms with Crippen molar-refractivity contribution in [1.29, 1.82) is 0 Å². The first-order valence-electron chi connectivity index (χ1n) is 11.2. The molecular weight excluding hydrogens is 424 g/mol. The van der Waals surface area contributed by atoms with E-state index >= 15 is 0 Å². The Kier molecular flexibility index (Phi) is 6.37. The van der Waals surface area contributed by atoms with Crippen LogP contribution in [0.3, 0.4) is 0 Å². The Morgan fingerprint density at radius 3 is 1.97 bits per heavy atom. The number of aliphatic hydroxyl groups excluding tert-OH is 2. The first kappa shape index (κ1) is 23.6. The molecule has 0 spiro atoms. The summed E-state index contributed by atoms with van der Waals surface area (Å²) >= 11 is 0. The average Bonchev–Trinajstić information content (AvgIpc) is 3.21. The number of benzene rings is 2. The summed E-state index contributed by atoms with van der Waals surface area (Å²) in [5.41, 5.74) is 0. The zero-order valence-electron chi connectivity index (χ0n) is 19.4. The van der Waals surface area contributed by atoms with Crippen LogP contribution in [-0.2, 0) is 18.6 Å². The van der Waals surface area contributed by atoms with Crippen molar-refractivity contribution < 1.29 is 28.8 Å². The lowest BCUT2D eigenvalue weighted by Gasteiger charge is -2.43. The Morgan fingerprint density at radius 1 is 0.969 bits per heavy atom. The Morgan fingerprint density at radius 2 is 1.50 bits per heavy atom. The molecule has 0 aromatic heterocycles. The van der Waals surface area contributed by atoms with Gasteiger partial charge in [0.2, 0.25) is 0 Å². The van der Waals surface area contributed by atoms with Gasteiger partial charge < -0.3 is 28.8 Å². The van der Waals surface area contributed by atoms with Crippen molar-refractivity contribution in [2.75, 3.05) is 6.61 Å². The van der Waals surface area contributed by atoms with Crippen LogP contribution >= 0.6 is 0 Å². The van der Waals surface area contributed by atoms with E-state index in [0.717, 1.165) is 10.4 Å². The van der Waals surface area contributed by atoms with E-state index in [4.69, 9.17) is 18.6 Å². The van der Waals surface area contributed by atoms with Crippen LogP contribution in [-0.4, -0.2) is 61.6 Å². The van der Waals surface area contributed by atoms with Gasteiger partial charge in [-0.3, -0.25) is 0 Å². The lowest BCUT2D eigenvalue weighted by Crippen LogP contribution is -2.67. The molecule has 2 heterocycles. The predicted octanol–water partition coefficient (Wildman–Crippen LogP) is 2.16. The number of hydrogen-bond acceptors (Lipinski definition) is 6. The molecule has 7 heteroatoms. The fourth-order valence-electron chi connectivity index (χ4n) is 4.90. The predicted molar refractivity (Wildman–Crippen MR) is 124 cm³/mol. The van der Waals surface area contributed by atoms with Crippen LogP contribution in [0, 0.1) is 0 Å². The van der Waals surface area contributed by atoms with Gasteiger partial charge in [-0.05, 0) is 29.3 Å². The summed E-state index contributed by atoms with van der Waals surface area (Å²) in [6.45, 7) is 10.1. The van der Waals surface area contributed by atoms with Crippen molar-refractivity contribution in [3.8, 4) is 0 Å². The van der Waals surface area contributed by atoms with Crippen LogP contribution in [0.4, 0.5) is 0 Å². The normalized spacial score (nSPS) is 28.5. The molecule has 2 aliphatic rings. The molecule has 0 aliphatic carbocycles. The molecule has 2 aromatic carbocycles. The van der Waals surface area contributed by atoms with Gasteiger partial charge in [0.1, 0.15) is 24.4 Å². The Balaban J connectivity index is 1.60. The minimum absolute atomic E-state index is 0.0256. The third kappa shape index (κ3) is 4.19. The maximum Gasteiger partial charge on any atom is 0.261 e. The standard InChI is InChI=1S/C25H34O6Si/c1-24(2,3)32(17-12-8-6-9-13-17,18-14-10-7-11-15-18)28-16-19(26)21-20(27)22-23(29-21)31-25(4,5)30-22/h6-15,19-23,26-27H,16H2,1-5H3/t19-,20-,21+,22+,23+/m0/s1. The summed E-state index contributed by atoms with van der Waals surface area (Å²) in [4.78, 5) is 0. The van der Waals surface area contributed by atoms with Crippen LogP contribution in [0.2, 0.25) is 5.04 Å². The molecule has 0 amide bonds. The van der Waals surface area contributed by atoms with Crippen molar-refractivity contribution in [2.45, 2.75) is 76.1 Å². The highest BCUT2D eigenvalue weighted by Crippen LogP contribution is 2.40. The maximum atomic E-state index is 11.0. The smallest absolute Gasteiger partial charge is 0.261 e. The Labute approximate surface area is 191 Å². The lowest BCUT2D eigenvalue weighted by atomic mass is 10.1. The highest BCUT2D eigenvalue weighted by molar-refractivity contribution is 6.99. The average molecular weight is 459 g/mol. The van der Waals surface area contributed by atoms with Gasteiger partial charge in [0, 0.05) is 0 Å². The molecule has 2 N–H and O–H groups in total. The van der Waals surface area contributed by atoms with Gasteiger partial charge in [0.05, 0.1) is 6.61 Å². The van der Waals surface area contributed by atoms with Crippen LogP contribution in [0.1, 0.15) is 34.6 Å². The first-order chi connectivity index (χ1) is 15.1. The summed E-state index contributed by atoms with van der Waals surface area (Å²) in [7, 11) is -2.80. The minimum atomic E-state index is -2.80. The monoisotopic (exact) mass is 458 g/mol. The van der Waals surface area contributed by atoms with Crippen molar-refractivity contribution in [2.24, 2.45) is 0 Å². The van der Waals surface area contributed by atoms with Crippen LogP contribution in [0.25, 0.3) is 0 Å². The lowest BCUT2D eigenvalue weighted by molar-refractivity contribution is -0.227. The summed E-state index contributed by atoms with van der Waals surface area (Å²) < 4.78 is 24.1. The maximum absolute atomic E-state index is 11.0. The number of fused-ring (bicyclic) bond motifs is 1. The van der Waals surface area contributed by atoms with Gasteiger partial charge >= 0.3 is 0 Å². The molecule has 0 unspecified atom stereocenters. The van der Waals surface area contributed by atoms with Crippen LogP contribution in [0.15, 0.2) is 60.7 Å². The van der Waals surface area contributed by atoms with Crippen molar-refractivity contribution in [3.63, 3.8) is 0 Å². The van der Waals surface area contributed by atoms with Crippen molar-refractivity contribution >= 4 is 18.7 Å². The highest BCUT2D eigenvalue weighted by Gasteiger charge is 2.57. The van der Waals surface area contributed by atoms with Gasteiger partial charge in [-0.25, -0.2) is 0 Å². The fraction of sp³-hybridized carbons (Fsp3) is 0.520. The SMILES string of the molecule is CC1(C)O[C@H]2O[C@H]([C@@H](O)CO[Si](c3ccccc3)(c3ccccc3)C(C)(C)C)[C@H](O)[C@H]2O1. The van der Waals surface area contributed by atoms with Crippen LogP contribution < -0.4 is 10.4 Å². The third-order valence-corrected chi connectivity index (χ3v) is 11.3. The zero-order chi connectivity index (χ0) is 23.1. The molecule has 5 atom stereocenters. The fourth-order valence-corrected chi connectivity index (χ4v) is 9.48. The second-order valence-electron chi connectivity index (χ2n) is 10.1. The number of ether oxygens (including phenoxy) is 3. The molecule has 4 rings (SSSR count). The summed E-state index contributed by atoms with van der Waals surface area (Å²) in [5, 5.41) is 23.8. The van der Waals surface area contributed by atoms with Gasteiger partial charge in [-0.2, -0.15) is 0 Å². The largest absolute Gasteiger partial charge is 0.405 e. The molecule has 2 saturated heterocycles. The summed E-state index contributed by atoms with van der Waals surface area (Å²) in [6, 6.07) is 20.5. The second-order valence-corrected chi connectivity index (χ2v) is 14.4. The van der Waals surface area contributed by atoms with Crippen molar-refractivity contribution in [3.05, 3.63) is 60.7 Å². The van der Waals surface area contributed by atoms with E-state index in [1.807, 2.05) is 36.4 Å². The van der Waals surface area contributed by atoms with Crippen LogP contribution in [0.5, 0.6) is 0 Å². The molecule has 2 fully saturated rings. The van der Waals surface area contributed by atoms with Gasteiger partial charge in [0.25, 0.3) is 8.32 Å². The van der Waals surface area contributed by atoms with Crippen molar-refractivity contribution in [1.82, 2.24) is 0 Å². The molecule has 0 saturated carbocycles. The third-order valence-electron chi connectivity index (χ3n) is 6.32. The van der Waals surface area contributed by atoms with E-state index in [1.165, 1.54) is 0 Å². The minimum Gasteiger partial charge on any atom is -0.405 e.